The number of nitrogens with one attached hydrogen (secondary N) is 1. The average Bonchev–Trinajstić information content (AvgIpc) is 2.55. The summed E-state index contributed by atoms with van der Waals surface area (Å²) in [4.78, 5) is 15.1. The third-order valence-corrected chi connectivity index (χ3v) is 4.86. The minimum atomic E-state index is 0.0983. The van der Waals surface area contributed by atoms with Gasteiger partial charge in [-0.25, -0.2) is 0 Å². The number of likely N-dealkylation sites (tertiary alicyclic amines) is 1. The molecular formula is C19H28N2O2. The number of fused-ring (bicyclic) bond motifs is 1. The van der Waals surface area contributed by atoms with Crippen LogP contribution in [0.5, 0.6) is 5.75 Å². The van der Waals surface area contributed by atoms with E-state index in [4.69, 9.17) is 4.74 Å². The molecule has 1 aromatic carbocycles. The van der Waals surface area contributed by atoms with Crippen molar-refractivity contribution in [3.63, 3.8) is 0 Å². The lowest BCUT2D eigenvalue weighted by Crippen LogP contribution is -2.43. The van der Waals surface area contributed by atoms with Gasteiger partial charge in [0, 0.05) is 24.4 Å². The van der Waals surface area contributed by atoms with Gasteiger partial charge in [0.15, 0.2) is 0 Å². The average molecular weight is 316 g/mol. The second kappa shape index (κ2) is 7.35. The van der Waals surface area contributed by atoms with E-state index in [-0.39, 0.29) is 17.9 Å². The van der Waals surface area contributed by atoms with Crippen LogP contribution in [0.4, 0.5) is 0 Å². The van der Waals surface area contributed by atoms with Crippen molar-refractivity contribution < 1.29 is 9.53 Å². The largest absolute Gasteiger partial charge is 0.493 e. The van der Waals surface area contributed by atoms with Crippen LogP contribution in [-0.2, 0) is 4.79 Å². The summed E-state index contributed by atoms with van der Waals surface area (Å²) in [5, 5.41) is 3.26. The minimum absolute atomic E-state index is 0.0983. The van der Waals surface area contributed by atoms with E-state index < -0.39 is 0 Å². The molecule has 0 spiro atoms. The molecule has 0 aliphatic carbocycles. The molecule has 0 aromatic heterocycles. The Morgan fingerprint density at radius 1 is 1.26 bits per heavy atom. The summed E-state index contributed by atoms with van der Waals surface area (Å²) in [5.74, 6) is 1.99. The topological polar surface area (TPSA) is 41.6 Å². The molecule has 0 bridgehead atoms. The molecule has 4 heteroatoms. The van der Waals surface area contributed by atoms with Crippen LogP contribution < -0.4 is 10.1 Å². The summed E-state index contributed by atoms with van der Waals surface area (Å²) in [6, 6.07) is 8.13. The van der Waals surface area contributed by atoms with Crippen LogP contribution in [0, 0.1) is 11.8 Å². The van der Waals surface area contributed by atoms with Crippen molar-refractivity contribution in [1.82, 2.24) is 10.2 Å². The lowest BCUT2D eigenvalue weighted by Gasteiger charge is -2.34. The van der Waals surface area contributed by atoms with Crippen molar-refractivity contribution in [1.29, 1.82) is 0 Å². The number of amides is 1. The van der Waals surface area contributed by atoms with Crippen molar-refractivity contribution in [2.45, 2.75) is 39.2 Å². The van der Waals surface area contributed by atoms with Crippen LogP contribution in [0.1, 0.15) is 44.7 Å². The summed E-state index contributed by atoms with van der Waals surface area (Å²) in [6.45, 7) is 8.40. The number of carbonyl (C=O) groups excluding carboxylic acids is 1. The number of carbonyl (C=O) groups is 1. The predicted molar refractivity (Wildman–Crippen MR) is 91.4 cm³/mol. The number of piperidine rings is 1. The van der Waals surface area contributed by atoms with Crippen LogP contribution >= 0.6 is 0 Å². The van der Waals surface area contributed by atoms with Crippen LogP contribution in [-0.4, -0.2) is 37.0 Å². The highest BCUT2D eigenvalue weighted by Crippen LogP contribution is 2.32. The highest BCUT2D eigenvalue weighted by molar-refractivity contribution is 5.79. The fourth-order valence-corrected chi connectivity index (χ4v) is 3.68. The Morgan fingerprint density at radius 2 is 2.00 bits per heavy atom. The molecule has 2 aliphatic rings. The van der Waals surface area contributed by atoms with Gasteiger partial charge in [0.05, 0.1) is 12.6 Å². The van der Waals surface area contributed by atoms with Gasteiger partial charge in [-0.1, -0.05) is 32.0 Å². The molecule has 0 radical (unpaired) electrons. The highest BCUT2D eigenvalue weighted by Gasteiger charge is 2.29. The molecule has 1 aromatic rings. The smallest absolute Gasteiger partial charge is 0.223 e. The number of hydrogen-bond donors (Lipinski definition) is 1. The zero-order valence-corrected chi connectivity index (χ0v) is 14.3. The Morgan fingerprint density at radius 3 is 2.74 bits per heavy atom. The molecule has 0 unspecified atom stereocenters. The number of para-hydroxylation sites is 1. The van der Waals surface area contributed by atoms with E-state index in [0.717, 1.165) is 50.2 Å². The SMILES string of the molecule is CC(C)CN1CCC(C(=O)N[C@@H]2CCOc3ccccc32)CC1. The molecule has 1 amide bonds. The maximum atomic E-state index is 12.6. The lowest BCUT2D eigenvalue weighted by molar-refractivity contribution is -0.127. The summed E-state index contributed by atoms with van der Waals surface area (Å²) in [7, 11) is 0. The van der Waals surface area contributed by atoms with E-state index in [1.54, 1.807) is 0 Å². The van der Waals surface area contributed by atoms with E-state index in [9.17, 15) is 4.79 Å². The monoisotopic (exact) mass is 316 g/mol. The van der Waals surface area contributed by atoms with E-state index in [1.807, 2.05) is 18.2 Å². The lowest BCUT2D eigenvalue weighted by atomic mass is 9.93. The number of benzene rings is 1. The number of nitrogens with zero attached hydrogens (tertiary/aromatic N) is 1. The van der Waals surface area contributed by atoms with Crippen LogP contribution in [0.25, 0.3) is 0 Å². The Labute approximate surface area is 139 Å². The Balaban J connectivity index is 1.55. The molecule has 1 atom stereocenters. The van der Waals surface area contributed by atoms with Crippen molar-refractivity contribution in [3.8, 4) is 5.75 Å². The van der Waals surface area contributed by atoms with Crippen molar-refractivity contribution >= 4 is 5.91 Å². The van der Waals surface area contributed by atoms with Crippen molar-refractivity contribution in [3.05, 3.63) is 29.8 Å². The molecule has 4 nitrogen and oxygen atoms in total. The second-order valence-corrected chi connectivity index (χ2v) is 7.20. The quantitative estimate of drug-likeness (QED) is 0.928. The van der Waals surface area contributed by atoms with Crippen molar-refractivity contribution in [2.75, 3.05) is 26.2 Å². The third kappa shape index (κ3) is 4.05. The zero-order valence-electron chi connectivity index (χ0n) is 14.3. The molecule has 1 fully saturated rings. The van der Waals surface area contributed by atoms with Gasteiger partial charge in [0.25, 0.3) is 0 Å². The minimum Gasteiger partial charge on any atom is -0.493 e. The Bertz CT molecular complexity index is 536. The molecule has 3 rings (SSSR count). The Kier molecular flexibility index (Phi) is 5.21. The molecule has 1 N–H and O–H groups in total. The van der Waals surface area contributed by atoms with E-state index >= 15 is 0 Å². The molecule has 126 valence electrons. The molecule has 2 heterocycles. The van der Waals surface area contributed by atoms with Gasteiger partial charge < -0.3 is 15.0 Å². The summed E-state index contributed by atoms with van der Waals surface area (Å²) in [5.41, 5.74) is 1.12. The van der Waals surface area contributed by atoms with E-state index in [1.165, 1.54) is 0 Å². The standard InChI is InChI=1S/C19H28N2O2/c1-14(2)13-21-10-7-15(8-11-21)19(22)20-17-9-12-23-18-6-4-3-5-16(17)18/h3-6,14-15,17H,7-13H2,1-2H3,(H,20,22)/t17-/m1/s1. The first-order valence-corrected chi connectivity index (χ1v) is 8.88. The maximum absolute atomic E-state index is 12.6. The van der Waals surface area contributed by atoms with Gasteiger partial charge >= 0.3 is 0 Å². The first-order valence-electron chi connectivity index (χ1n) is 8.88. The number of ether oxygens (including phenoxy) is 1. The van der Waals surface area contributed by atoms with Gasteiger partial charge in [-0.05, 0) is 37.9 Å². The molecule has 0 saturated carbocycles. The summed E-state index contributed by atoms with van der Waals surface area (Å²) in [6.07, 6.45) is 2.81. The first kappa shape index (κ1) is 16.3. The van der Waals surface area contributed by atoms with Crippen molar-refractivity contribution in [2.24, 2.45) is 11.8 Å². The molecular weight excluding hydrogens is 288 g/mol. The fourth-order valence-electron chi connectivity index (χ4n) is 3.68. The molecule has 23 heavy (non-hydrogen) atoms. The highest BCUT2D eigenvalue weighted by atomic mass is 16.5. The van der Waals surface area contributed by atoms with Gasteiger partial charge in [0.1, 0.15) is 5.75 Å². The number of rotatable bonds is 4. The van der Waals surface area contributed by atoms with Gasteiger partial charge in [-0.2, -0.15) is 0 Å². The molecule has 2 aliphatic heterocycles. The fraction of sp³-hybridized carbons (Fsp3) is 0.632. The first-order chi connectivity index (χ1) is 11.1. The van der Waals surface area contributed by atoms with Gasteiger partial charge in [-0.15, -0.1) is 0 Å². The number of hydrogen-bond acceptors (Lipinski definition) is 3. The normalized spacial score (nSPS) is 22.5. The van der Waals surface area contributed by atoms with Gasteiger partial charge in [0.2, 0.25) is 5.91 Å². The Hall–Kier alpha value is -1.55. The van der Waals surface area contributed by atoms with Gasteiger partial charge in [-0.3, -0.25) is 4.79 Å². The molecule has 1 saturated heterocycles. The van der Waals surface area contributed by atoms with Crippen LogP contribution in [0.15, 0.2) is 24.3 Å². The van der Waals surface area contributed by atoms with Crippen LogP contribution in [0.2, 0.25) is 0 Å². The summed E-state index contributed by atoms with van der Waals surface area (Å²) >= 11 is 0. The third-order valence-electron chi connectivity index (χ3n) is 4.86. The predicted octanol–water partition coefficient (Wildman–Crippen LogP) is 2.99. The summed E-state index contributed by atoms with van der Waals surface area (Å²) < 4.78 is 5.67. The zero-order chi connectivity index (χ0) is 16.2. The maximum Gasteiger partial charge on any atom is 0.223 e. The van der Waals surface area contributed by atoms with E-state index in [2.05, 4.69) is 30.1 Å². The van der Waals surface area contributed by atoms with E-state index in [0.29, 0.717) is 12.5 Å². The van der Waals surface area contributed by atoms with Crippen LogP contribution in [0.3, 0.4) is 0 Å². The second-order valence-electron chi connectivity index (χ2n) is 7.20.